The van der Waals surface area contributed by atoms with Crippen LogP contribution in [0.1, 0.15) is 34.6 Å². The molecule has 0 unspecified atom stereocenters. The van der Waals surface area contributed by atoms with E-state index in [2.05, 4.69) is 30.9 Å². The molecule has 8 nitrogen and oxygen atoms in total. The molecule has 4 aromatic rings. The van der Waals surface area contributed by atoms with Gasteiger partial charge in [-0.05, 0) is 36.9 Å². The number of hydrogen-bond acceptors (Lipinski definition) is 6. The minimum absolute atomic E-state index is 0.202. The fourth-order valence-corrected chi connectivity index (χ4v) is 4.28. The molecule has 0 aliphatic carbocycles. The molecule has 2 aromatic carbocycles. The van der Waals surface area contributed by atoms with E-state index in [0.29, 0.717) is 34.7 Å². The van der Waals surface area contributed by atoms with E-state index in [4.69, 9.17) is 0 Å². The van der Waals surface area contributed by atoms with Crippen LogP contribution in [-0.2, 0) is 13.6 Å². The van der Waals surface area contributed by atoms with Crippen LogP contribution in [0, 0.1) is 11.6 Å². The van der Waals surface area contributed by atoms with Crippen LogP contribution in [0.15, 0.2) is 41.5 Å². The van der Waals surface area contributed by atoms with Crippen molar-refractivity contribution < 1.29 is 8.78 Å². The average Bonchev–Trinajstić information content (AvgIpc) is 3.17. The SMILES string of the molecule is CNCc1cc([C@@H]2Nc3cc(F)cc4c(=O)[nH]nc(c34)[C@H]2c2ncnn2C)ccc1F. The Morgan fingerprint density at radius 1 is 1.23 bits per heavy atom. The molecule has 0 radical (unpaired) electrons. The van der Waals surface area contributed by atoms with Crippen LogP contribution in [0.2, 0.25) is 0 Å². The van der Waals surface area contributed by atoms with Crippen molar-refractivity contribution in [2.24, 2.45) is 7.05 Å². The zero-order valence-electron chi connectivity index (χ0n) is 16.8. The highest BCUT2D eigenvalue weighted by atomic mass is 19.1. The van der Waals surface area contributed by atoms with Crippen molar-refractivity contribution in [2.75, 3.05) is 12.4 Å². The Morgan fingerprint density at radius 3 is 2.81 bits per heavy atom. The normalized spacial score (nSPS) is 17.7. The maximum absolute atomic E-state index is 14.3. The van der Waals surface area contributed by atoms with Gasteiger partial charge in [-0.3, -0.25) is 9.48 Å². The molecule has 31 heavy (non-hydrogen) atoms. The van der Waals surface area contributed by atoms with E-state index >= 15 is 0 Å². The summed E-state index contributed by atoms with van der Waals surface area (Å²) in [6.07, 6.45) is 1.44. The molecule has 2 atom stereocenters. The second-order valence-corrected chi connectivity index (χ2v) is 7.54. The summed E-state index contributed by atoms with van der Waals surface area (Å²) < 4.78 is 30.2. The first-order valence-electron chi connectivity index (χ1n) is 9.73. The monoisotopic (exact) mass is 423 g/mol. The Bertz CT molecular complexity index is 1360. The highest BCUT2D eigenvalue weighted by molar-refractivity contribution is 5.97. The molecule has 158 valence electrons. The van der Waals surface area contributed by atoms with Gasteiger partial charge < -0.3 is 10.6 Å². The zero-order valence-corrected chi connectivity index (χ0v) is 16.8. The molecule has 3 N–H and O–H groups in total. The van der Waals surface area contributed by atoms with Crippen molar-refractivity contribution in [3.8, 4) is 0 Å². The van der Waals surface area contributed by atoms with Crippen molar-refractivity contribution in [3.05, 3.63) is 81.3 Å². The van der Waals surface area contributed by atoms with Gasteiger partial charge in [-0.25, -0.2) is 18.9 Å². The number of hydrogen-bond donors (Lipinski definition) is 3. The van der Waals surface area contributed by atoms with Crippen LogP contribution < -0.4 is 16.2 Å². The molecular formula is C21H19F2N7O. The molecule has 10 heteroatoms. The maximum Gasteiger partial charge on any atom is 0.272 e. The van der Waals surface area contributed by atoms with Crippen molar-refractivity contribution in [2.45, 2.75) is 18.5 Å². The second-order valence-electron chi connectivity index (χ2n) is 7.54. The molecule has 0 fully saturated rings. The standard InChI is InChI=1S/C21H19F2N7O/c1-24-8-11-5-10(3-4-14(11)23)18-17(20-25-9-26-30(20)2)19-16-13(21(31)29-28-19)6-12(22)7-15(16)27-18/h3-7,9,17-18,24,27H,8H2,1-2H3,(H,29,31)/t17-,18-/m0/s1. The Balaban J connectivity index is 1.78. The van der Waals surface area contributed by atoms with Crippen LogP contribution in [0.3, 0.4) is 0 Å². The van der Waals surface area contributed by atoms with Crippen molar-refractivity contribution in [1.29, 1.82) is 0 Å². The molecule has 1 aliphatic heterocycles. The van der Waals surface area contributed by atoms with Gasteiger partial charge in [0.2, 0.25) is 0 Å². The van der Waals surface area contributed by atoms with Gasteiger partial charge in [0.05, 0.1) is 23.0 Å². The van der Waals surface area contributed by atoms with Gasteiger partial charge in [0.1, 0.15) is 23.8 Å². The third-order valence-electron chi connectivity index (χ3n) is 5.64. The second kappa shape index (κ2) is 7.24. The predicted molar refractivity (Wildman–Crippen MR) is 111 cm³/mol. The van der Waals surface area contributed by atoms with Crippen molar-refractivity contribution in [3.63, 3.8) is 0 Å². The maximum atomic E-state index is 14.3. The van der Waals surface area contributed by atoms with E-state index in [0.717, 1.165) is 5.56 Å². The van der Waals surface area contributed by atoms with E-state index in [1.165, 1.54) is 24.5 Å². The summed E-state index contributed by atoms with van der Waals surface area (Å²) in [7, 11) is 3.51. The Labute approximate surface area is 175 Å². The van der Waals surface area contributed by atoms with E-state index < -0.39 is 23.3 Å². The Morgan fingerprint density at radius 2 is 2.06 bits per heavy atom. The molecule has 5 rings (SSSR count). The van der Waals surface area contributed by atoms with Crippen molar-refractivity contribution in [1.82, 2.24) is 30.3 Å². The third-order valence-corrected chi connectivity index (χ3v) is 5.64. The summed E-state index contributed by atoms with van der Waals surface area (Å²) in [5.41, 5.74) is 1.80. The fraction of sp³-hybridized carbons (Fsp3) is 0.238. The number of aromatic nitrogens is 5. The first-order chi connectivity index (χ1) is 15.0. The van der Waals surface area contributed by atoms with Gasteiger partial charge in [-0.1, -0.05) is 6.07 Å². The Kier molecular flexibility index (Phi) is 4.51. The van der Waals surface area contributed by atoms with Gasteiger partial charge in [0, 0.05) is 30.2 Å². The van der Waals surface area contributed by atoms with Gasteiger partial charge in [-0.15, -0.1) is 0 Å². The van der Waals surface area contributed by atoms with Crippen LogP contribution >= 0.6 is 0 Å². The molecule has 0 amide bonds. The zero-order chi connectivity index (χ0) is 21.7. The summed E-state index contributed by atoms with van der Waals surface area (Å²) in [5, 5.41) is 18.0. The third kappa shape index (κ3) is 3.07. The number of nitrogens with zero attached hydrogens (tertiary/aromatic N) is 4. The smallest absolute Gasteiger partial charge is 0.272 e. The molecule has 0 saturated carbocycles. The lowest BCUT2D eigenvalue weighted by molar-refractivity contribution is 0.559. The first-order valence-corrected chi connectivity index (χ1v) is 9.73. The molecule has 0 bridgehead atoms. The molecule has 3 heterocycles. The lowest BCUT2D eigenvalue weighted by Gasteiger charge is -2.34. The average molecular weight is 423 g/mol. The van der Waals surface area contributed by atoms with Crippen LogP contribution in [0.25, 0.3) is 10.8 Å². The van der Waals surface area contributed by atoms with Gasteiger partial charge in [0.15, 0.2) is 0 Å². The summed E-state index contributed by atoms with van der Waals surface area (Å²) in [6.45, 7) is 0.355. The minimum atomic E-state index is -0.538. The number of aromatic amines is 1. The lowest BCUT2D eigenvalue weighted by atomic mass is 9.83. The summed E-state index contributed by atoms with van der Waals surface area (Å²) in [4.78, 5) is 16.8. The van der Waals surface area contributed by atoms with Gasteiger partial charge >= 0.3 is 0 Å². The number of nitrogens with one attached hydrogen (secondary N) is 3. The molecule has 0 spiro atoms. The molecular weight excluding hydrogens is 404 g/mol. The first kappa shape index (κ1) is 19.3. The number of rotatable bonds is 4. The summed E-state index contributed by atoms with van der Waals surface area (Å²) in [6, 6.07) is 6.94. The molecule has 2 aromatic heterocycles. The quantitative estimate of drug-likeness (QED) is 0.466. The lowest BCUT2D eigenvalue weighted by Crippen LogP contribution is -2.30. The summed E-state index contributed by atoms with van der Waals surface area (Å²) >= 11 is 0. The summed E-state index contributed by atoms with van der Waals surface area (Å²) in [5.74, 6) is -0.714. The van der Waals surface area contributed by atoms with Crippen LogP contribution in [0.5, 0.6) is 0 Å². The predicted octanol–water partition coefficient (Wildman–Crippen LogP) is 2.35. The number of aryl methyl sites for hydroxylation is 1. The topological polar surface area (TPSA) is 101 Å². The van der Waals surface area contributed by atoms with Crippen molar-refractivity contribution >= 4 is 16.5 Å². The number of benzene rings is 2. The molecule has 1 aliphatic rings. The Hall–Kier alpha value is -3.66. The largest absolute Gasteiger partial charge is 0.376 e. The highest BCUT2D eigenvalue weighted by Crippen LogP contribution is 2.46. The van der Waals surface area contributed by atoms with E-state index in [1.807, 2.05) is 0 Å². The fourth-order valence-electron chi connectivity index (χ4n) is 4.28. The van der Waals surface area contributed by atoms with E-state index in [1.54, 1.807) is 30.9 Å². The highest BCUT2D eigenvalue weighted by Gasteiger charge is 2.38. The number of H-pyrrole nitrogens is 1. The number of anilines is 1. The minimum Gasteiger partial charge on any atom is -0.376 e. The van der Waals surface area contributed by atoms with E-state index in [9.17, 15) is 13.6 Å². The van der Waals surface area contributed by atoms with Gasteiger partial charge in [-0.2, -0.15) is 10.2 Å². The number of halogens is 2. The molecule has 0 saturated heterocycles. The van der Waals surface area contributed by atoms with Crippen LogP contribution in [-0.4, -0.2) is 32.0 Å². The van der Waals surface area contributed by atoms with Gasteiger partial charge in [0.25, 0.3) is 5.56 Å². The van der Waals surface area contributed by atoms with E-state index in [-0.39, 0.29) is 11.2 Å². The van der Waals surface area contributed by atoms with Crippen LogP contribution in [0.4, 0.5) is 14.5 Å².